The minimum atomic E-state index is -0.622. The van der Waals surface area contributed by atoms with Gasteiger partial charge in [0.05, 0.1) is 6.54 Å². The molecule has 3 aromatic rings. The quantitative estimate of drug-likeness (QED) is 0.791. The Morgan fingerprint density at radius 3 is 2.24 bits per heavy atom. The average molecular weight is 335 g/mol. The van der Waals surface area contributed by atoms with Gasteiger partial charge in [0.25, 0.3) is 11.5 Å². The number of benzene rings is 2. The maximum Gasteiger partial charge on any atom is 0.328 e. The van der Waals surface area contributed by atoms with E-state index in [4.69, 9.17) is 0 Å². The summed E-state index contributed by atoms with van der Waals surface area (Å²) in [7, 11) is 1.34. The molecule has 0 saturated heterocycles. The third-order valence-corrected chi connectivity index (χ3v) is 3.91. The Morgan fingerprint density at radius 1 is 1.00 bits per heavy atom. The molecular weight excluding hydrogens is 318 g/mol. The lowest BCUT2D eigenvalue weighted by Gasteiger charge is -2.23. The number of hydrogen-bond acceptors (Lipinski definition) is 3. The highest BCUT2D eigenvalue weighted by Crippen LogP contribution is 2.18. The highest BCUT2D eigenvalue weighted by atomic mass is 16.2. The molecule has 126 valence electrons. The lowest BCUT2D eigenvalue weighted by atomic mass is 10.1. The van der Waals surface area contributed by atoms with E-state index in [1.54, 1.807) is 12.1 Å². The van der Waals surface area contributed by atoms with E-state index in [9.17, 15) is 14.4 Å². The molecule has 25 heavy (non-hydrogen) atoms. The van der Waals surface area contributed by atoms with Crippen LogP contribution in [0.25, 0.3) is 0 Å². The molecule has 0 radical (unpaired) electrons. The van der Waals surface area contributed by atoms with Gasteiger partial charge in [-0.05, 0) is 17.7 Å². The molecule has 0 atom stereocenters. The van der Waals surface area contributed by atoms with Crippen molar-refractivity contribution < 1.29 is 4.79 Å². The number of hydrogen-bond donors (Lipinski definition) is 1. The summed E-state index contributed by atoms with van der Waals surface area (Å²) in [6.45, 7) is 0.311. The van der Waals surface area contributed by atoms with E-state index in [1.165, 1.54) is 18.1 Å². The summed E-state index contributed by atoms with van der Waals surface area (Å²) >= 11 is 0. The van der Waals surface area contributed by atoms with Crippen molar-refractivity contribution in [1.29, 1.82) is 0 Å². The fraction of sp³-hybridized carbons (Fsp3) is 0.105. The summed E-state index contributed by atoms with van der Waals surface area (Å²) in [4.78, 5) is 40.8. The standard InChI is InChI=1S/C19H17N3O3/c1-21-17(23)16(12-20-19(21)25)18(24)22(15-10-6-3-7-11-15)13-14-8-4-2-5-9-14/h2-12H,13H2,1H3,(H,20,25). The maximum atomic E-state index is 13.0. The molecule has 1 heterocycles. The highest BCUT2D eigenvalue weighted by Gasteiger charge is 2.22. The average Bonchev–Trinajstić information content (AvgIpc) is 2.65. The van der Waals surface area contributed by atoms with Crippen LogP contribution in [-0.4, -0.2) is 15.5 Å². The lowest BCUT2D eigenvalue weighted by Crippen LogP contribution is -2.40. The molecule has 1 N–H and O–H groups in total. The van der Waals surface area contributed by atoms with Gasteiger partial charge in [-0.3, -0.25) is 14.2 Å². The molecule has 2 aromatic carbocycles. The van der Waals surface area contributed by atoms with Gasteiger partial charge in [0.1, 0.15) is 5.56 Å². The summed E-state index contributed by atoms with van der Waals surface area (Å²) in [5.41, 5.74) is 0.339. The van der Waals surface area contributed by atoms with Crippen molar-refractivity contribution in [1.82, 2.24) is 9.55 Å². The van der Waals surface area contributed by atoms with E-state index in [0.717, 1.165) is 10.1 Å². The molecule has 0 fully saturated rings. The molecular formula is C19H17N3O3. The molecule has 0 unspecified atom stereocenters. The number of nitrogens with zero attached hydrogens (tertiary/aromatic N) is 2. The summed E-state index contributed by atoms with van der Waals surface area (Å²) in [6, 6.07) is 18.6. The number of amides is 1. The number of H-pyrrole nitrogens is 1. The normalized spacial score (nSPS) is 10.4. The first-order valence-corrected chi connectivity index (χ1v) is 7.77. The molecule has 0 aliphatic heterocycles. The Bertz CT molecular complexity index is 992. The number of carbonyl (C=O) groups excluding carboxylic acids is 1. The van der Waals surface area contributed by atoms with Gasteiger partial charge in [-0.15, -0.1) is 0 Å². The zero-order valence-corrected chi connectivity index (χ0v) is 13.7. The molecule has 1 amide bonds. The fourth-order valence-electron chi connectivity index (χ4n) is 2.52. The largest absolute Gasteiger partial charge is 0.328 e. The topological polar surface area (TPSA) is 75.2 Å². The van der Waals surface area contributed by atoms with Gasteiger partial charge in [-0.2, -0.15) is 0 Å². The van der Waals surface area contributed by atoms with E-state index in [0.29, 0.717) is 12.2 Å². The van der Waals surface area contributed by atoms with E-state index >= 15 is 0 Å². The van der Waals surface area contributed by atoms with E-state index in [-0.39, 0.29) is 5.56 Å². The first-order chi connectivity index (χ1) is 12.1. The Hall–Kier alpha value is -3.41. The second-order valence-corrected chi connectivity index (χ2v) is 5.58. The molecule has 3 rings (SSSR count). The van der Waals surface area contributed by atoms with Crippen LogP contribution in [0.4, 0.5) is 5.69 Å². The smallest absolute Gasteiger partial charge is 0.313 e. The highest BCUT2D eigenvalue weighted by molar-refractivity contribution is 6.05. The minimum Gasteiger partial charge on any atom is -0.313 e. The summed E-state index contributed by atoms with van der Waals surface area (Å²) in [5, 5.41) is 0. The van der Waals surface area contributed by atoms with Crippen molar-refractivity contribution in [3.8, 4) is 0 Å². The monoisotopic (exact) mass is 335 g/mol. The predicted molar refractivity (Wildman–Crippen MR) is 95.7 cm³/mol. The molecule has 0 saturated carbocycles. The number of aromatic amines is 1. The molecule has 0 spiro atoms. The number of nitrogens with one attached hydrogen (secondary N) is 1. The number of anilines is 1. The summed E-state index contributed by atoms with van der Waals surface area (Å²) in [5.74, 6) is -0.466. The summed E-state index contributed by atoms with van der Waals surface area (Å²) < 4.78 is 0.888. The van der Waals surface area contributed by atoms with E-state index < -0.39 is 17.2 Å². The van der Waals surface area contributed by atoms with Crippen molar-refractivity contribution in [2.75, 3.05) is 4.90 Å². The number of rotatable bonds is 4. The number of carbonyl (C=O) groups is 1. The van der Waals surface area contributed by atoms with Gasteiger partial charge in [0.2, 0.25) is 0 Å². The van der Waals surface area contributed by atoms with Gasteiger partial charge in [0, 0.05) is 18.9 Å². The number of aromatic nitrogens is 2. The van der Waals surface area contributed by atoms with Gasteiger partial charge in [0.15, 0.2) is 0 Å². The Kier molecular flexibility index (Phi) is 4.61. The zero-order valence-electron chi connectivity index (χ0n) is 13.7. The Labute approximate surface area is 144 Å². The number of para-hydroxylation sites is 1. The van der Waals surface area contributed by atoms with Crippen molar-refractivity contribution >= 4 is 11.6 Å². The Morgan fingerprint density at radius 2 is 1.60 bits per heavy atom. The van der Waals surface area contributed by atoms with Crippen molar-refractivity contribution in [2.45, 2.75) is 6.54 Å². The Balaban J connectivity index is 2.05. The van der Waals surface area contributed by atoms with Crippen LogP contribution in [-0.2, 0) is 13.6 Å². The second kappa shape index (κ2) is 7.00. The molecule has 6 nitrogen and oxygen atoms in total. The van der Waals surface area contributed by atoms with Crippen LogP contribution in [0.3, 0.4) is 0 Å². The van der Waals surface area contributed by atoms with Crippen LogP contribution >= 0.6 is 0 Å². The van der Waals surface area contributed by atoms with Crippen LogP contribution in [0.15, 0.2) is 76.4 Å². The zero-order chi connectivity index (χ0) is 17.8. The molecule has 0 aliphatic carbocycles. The third kappa shape index (κ3) is 3.42. The summed E-state index contributed by atoms with van der Waals surface area (Å²) in [6.07, 6.45) is 1.17. The van der Waals surface area contributed by atoms with Gasteiger partial charge < -0.3 is 9.88 Å². The molecule has 0 bridgehead atoms. The second-order valence-electron chi connectivity index (χ2n) is 5.58. The first-order valence-electron chi connectivity index (χ1n) is 7.77. The van der Waals surface area contributed by atoms with Gasteiger partial charge in [-0.1, -0.05) is 48.5 Å². The van der Waals surface area contributed by atoms with Crippen molar-refractivity contribution in [3.63, 3.8) is 0 Å². The fourth-order valence-corrected chi connectivity index (χ4v) is 2.52. The first kappa shape index (κ1) is 16.4. The van der Waals surface area contributed by atoms with Crippen LogP contribution in [0, 0.1) is 0 Å². The van der Waals surface area contributed by atoms with Crippen LogP contribution < -0.4 is 16.1 Å². The van der Waals surface area contributed by atoms with Crippen LogP contribution in [0.5, 0.6) is 0 Å². The predicted octanol–water partition coefficient (Wildman–Crippen LogP) is 1.92. The van der Waals surface area contributed by atoms with E-state index in [2.05, 4.69) is 4.98 Å². The van der Waals surface area contributed by atoms with Crippen molar-refractivity contribution in [3.05, 3.63) is 98.8 Å². The van der Waals surface area contributed by atoms with Crippen LogP contribution in [0.1, 0.15) is 15.9 Å². The minimum absolute atomic E-state index is 0.0816. The third-order valence-electron chi connectivity index (χ3n) is 3.91. The molecule has 0 aliphatic rings. The van der Waals surface area contributed by atoms with E-state index in [1.807, 2.05) is 48.5 Å². The maximum absolute atomic E-state index is 13.0. The van der Waals surface area contributed by atoms with Gasteiger partial charge in [-0.25, -0.2) is 4.79 Å². The lowest BCUT2D eigenvalue weighted by molar-refractivity contribution is 0.0982. The van der Waals surface area contributed by atoms with Crippen molar-refractivity contribution in [2.24, 2.45) is 7.05 Å². The van der Waals surface area contributed by atoms with Gasteiger partial charge >= 0.3 is 5.69 Å². The molecule has 6 heteroatoms. The van der Waals surface area contributed by atoms with Crippen LogP contribution in [0.2, 0.25) is 0 Å². The molecule has 1 aromatic heterocycles. The SMILES string of the molecule is Cn1c(=O)[nH]cc(C(=O)N(Cc2ccccc2)c2ccccc2)c1=O.